The van der Waals surface area contributed by atoms with Crippen molar-refractivity contribution in [1.82, 2.24) is 5.43 Å². The van der Waals surface area contributed by atoms with E-state index in [-0.39, 0.29) is 12.5 Å². The molecule has 0 spiro atoms. The number of benzene rings is 3. The second-order valence-corrected chi connectivity index (χ2v) is 7.15. The van der Waals surface area contributed by atoms with Gasteiger partial charge in [0.2, 0.25) is 0 Å². The van der Waals surface area contributed by atoms with Gasteiger partial charge in [-0.25, -0.2) is 5.43 Å². The van der Waals surface area contributed by atoms with Gasteiger partial charge in [-0.05, 0) is 48.0 Å². The number of para-hydroxylation sites is 2. The van der Waals surface area contributed by atoms with Crippen molar-refractivity contribution < 1.29 is 23.9 Å². The summed E-state index contributed by atoms with van der Waals surface area (Å²) in [6.45, 7) is -0.213. The molecule has 0 heterocycles. The molecule has 34 heavy (non-hydrogen) atoms. The van der Waals surface area contributed by atoms with E-state index in [9.17, 15) is 14.4 Å². The Bertz CT molecular complexity index is 1200. The minimum atomic E-state index is -0.965. The zero-order valence-electron chi connectivity index (χ0n) is 18.1. The van der Waals surface area contributed by atoms with E-state index in [1.807, 2.05) is 18.2 Å². The Kier molecular flexibility index (Phi) is 8.59. The highest BCUT2D eigenvalue weighted by molar-refractivity contribution is 6.41. The first-order chi connectivity index (χ1) is 16.5. The van der Waals surface area contributed by atoms with Gasteiger partial charge in [-0.1, -0.05) is 41.9 Å². The second-order valence-electron chi connectivity index (χ2n) is 6.75. The lowest BCUT2D eigenvalue weighted by Gasteiger charge is -2.11. The number of hydrogen-bond acceptors (Lipinski definition) is 6. The number of ether oxygens (including phenoxy) is 2. The molecule has 0 aliphatic rings. The number of halogens is 1. The van der Waals surface area contributed by atoms with Gasteiger partial charge >= 0.3 is 11.8 Å². The molecule has 0 bridgehead atoms. The number of methoxy groups -OCH3 is 1. The van der Waals surface area contributed by atoms with Crippen LogP contribution < -0.4 is 25.5 Å². The van der Waals surface area contributed by atoms with Crippen molar-refractivity contribution in [2.45, 2.75) is 0 Å². The van der Waals surface area contributed by atoms with Gasteiger partial charge in [0.05, 0.1) is 24.0 Å². The van der Waals surface area contributed by atoms with Crippen LogP contribution in [-0.2, 0) is 14.4 Å². The zero-order chi connectivity index (χ0) is 24.3. The normalized spacial score (nSPS) is 10.4. The first-order valence-corrected chi connectivity index (χ1v) is 10.4. The highest BCUT2D eigenvalue weighted by Gasteiger charge is 2.14. The molecule has 0 radical (unpaired) electrons. The van der Waals surface area contributed by atoms with Gasteiger partial charge in [0.25, 0.3) is 5.91 Å². The molecule has 3 rings (SSSR count). The van der Waals surface area contributed by atoms with Crippen molar-refractivity contribution in [2.24, 2.45) is 5.10 Å². The van der Waals surface area contributed by atoms with E-state index in [0.717, 1.165) is 0 Å². The van der Waals surface area contributed by atoms with Gasteiger partial charge in [0, 0.05) is 5.69 Å². The molecule has 3 amide bonds. The summed E-state index contributed by atoms with van der Waals surface area (Å²) in [5, 5.41) is 9.20. The Hall–Kier alpha value is -4.37. The van der Waals surface area contributed by atoms with Gasteiger partial charge in [0.15, 0.2) is 18.1 Å². The van der Waals surface area contributed by atoms with Crippen LogP contribution in [0.25, 0.3) is 0 Å². The zero-order valence-corrected chi connectivity index (χ0v) is 18.8. The van der Waals surface area contributed by atoms with E-state index < -0.39 is 11.8 Å². The molecule has 0 atom stereocenters. The fourth-order valence-corrected chi connectivity index (χ4v) is 2.89. The van der Waals surface area contributed by atoms with Crippen molar-refractivity contribution in [3.8, 4) is 11.5 Å². The number of amides is 3. The fraction of sp³-hybridized carbons (Fsp3) is 0.0833. The molecule has 0 aromatic heterocycles. The minimum absolute atomic E-state index is 0.213. The van der Waals surface area contributed by atoms with Crippen LogP contribution in [0.5, 0.6) is 11.5 Å². The molecule has 0 fully saturated rings. The summed E-state index contributed by atoms with van der Waals surface area (Å²) in [6.07, 6.45) is 1.33. The van der Waals surface area contributed by atoms with Gasteiger partial charge in [-0.15, -0.1) is 0 Å². The summed E-state index contributed by atoms with van der Waals surface area (Å²) < 4.78 is 10.8. The summed E-state index contributed by atoms with van der Waals surface area (Å²) in [7, 11) is 1.45. The molecule has 3 aromatic carbocycles. The fourth-order valence-electron chi connectivity index (χ4n) is 2.70. The summed E-state index contributed by atoms with van der Waals surface area (Å²) in [5.41, 5.74) is 3.67. The van der Waals surface area contributed by atoms with Gasteiger partial charge in [-0.2, -0.15) is 5.10 Å². The van der Waals surface area contributed by atoms with Gasteiger partial charge < -0.3 is 20.1 Å². The van der Waals surface area contributed by atoms with E-state index in [4.69, 9.17) is 21.1 Å². The number of carbonyl (C=O) groups is 3. The van der Waals surface area contributed by atoms with Crippen molar-refractivity contribution in [3.05, 3.63) is 83.4 Å². The predicted octanol–water partition coefficient (Wildman–Crippen LogP) is 3.45. The van der Waals surface area contributed by atoms with E-state index >= 15 is 0 Å². The van der Waals surface area contributed by atoms with Crippen LogP contribution in [0.15, 0.2) is 77.9 Å². The summed E-state index contributed by atoms with van der Waals surface area (Å²) in [6, 6.07) is 20.4. The number of rotatable bonds is 8. The third-order valence-corrected chi connectivity index (χ3v) is 4.64. The maximum absolute atomic E-state index is 12.1. The van der Waals surface area contributed by atoms with Crippen LogP contribution in [0.4, 0.5) is 11.4 Å². The molecule has 0 saturated heterocycles. The Morgan fingerprint density at radius 2 is 1.65 bits per heavy atom. The van der Waals surface area contributed by atoms with Crippen LogP contribution in [-0.4, -0.2) is 37.7 Å². The van der Waals surface area contributed by atoms with Gasteiger partial charge in [0.1, 0.15) is 0 Å². The first kappa shape index (κ1) is 24.3. The molecule has 0 aliphatic heterocycles. The van der Waals surface area contributed by atoms with Crippen LogP contribution in [0.3, 0.4) is 0 Å². The Balaban J connectivity index is 1.53. The monoisotopic (exact) mass is 480 g/mol. The Morgan fingerprint density at radius 3 is 2.38 bits per heavy atom. The van der Waals surface area contributed by atoms with Crippen molar-refractivity contribution in [2.75, 3.05) is 24.4 Å². The smallest absolute Gasteiger partial charge is 0.329 e. The Morgan fingerprint density at radius 1 is 0.912 bits per heavy atom. The number of hydrazone groups is 1. The molecule has 3 aromatic rings. The van der Waals surface area contributed by atoms with E-state index in [1.165, 1.54) is 13.3 Å². The molecule has 0 saturated carbocycles. The predicted molar refractivity (Wildman–Crippen MR) is 129 cm³/mol. The lowest BCUT2D eigenvalue weighted by molar-refractivity contribution is -0.136. The molecule has 10 heteroatoms. The topological polar surface area (TPSA) is 118 Å². The maximum Gasteiger partial charge on any atom is 0.329 e. The third-order valence-electron chi connectivity index (χ3n) is 4.31. The second kappa shape index (κ2) is 12.0. The van der Waals surface area contributed by atoms with E-state index in [0.29, 0.717) is 33.5 Å². The highest BCUT2D eigenvalue weighted by Crippen LogP contribution is 2.27. The molecule has 0 unspecified atom stereocenters. The molecular weight excluding hydrogens is 460 g/mol. The number of carbonyl (C=O) groups excluding carboxylic acids is 3. The summed E-state index contributed by atoms with van der Waals surface area (Å²) in [5.74, 6) is -1.49. The summed E-state index contributed by atoms with van der Waals surface area (Å²) in [4.78, 5) is 36.0. The van der Waals surface area contributed by atoms with Crippen LogP contribution in [0.1, 0.15) is 5.56 Å². The lowest BCUT2D eigenvalue weighted by Crippen LogP contribution is -2.32. The number of nitrogens with zero attached hydrogens (tertiary/aromatic N) is 1. The quantitative estimate of drug-likeness (QED) is 0.259. The molecule has 0 aliphatic carbocycles. The van der Waals surface area contributed by atoms with E-state index in [2.05, 4.69) is 21.2 Å². The van der Waals surface area contributed by atoms with Gasteiger partial charge in [-0.3, -0.25) is 14.4 Å². The summed E-state index contributed by atoms with van der Waals surface area (Å²) >= 11 is 5.95. The maximum atomic E-state index is 12.1. The first-order valence-electron chi connectivity index (χ1n) is 10.0. The molecule has 9 nitrogen and oxygen atoms in total. The van der Waals surface area contributed by atoms with Crippen LogP contribution >= 0.6 is 11.6 Å². The highest BCUT2D eigenvalue weighted by atomic mass is 35.5. The SMILES string of the molecule is COc1cc(/C=N\NC(=O)C(=O)Nc2ccccc2Cl)ccc1OCC(=O)Nc1ccccc1. The average Bonchev–Trinajstić information content (AvgIpc) is 2.85. The number of nitrogens with one attached hydrogen (secondary N) is 3. The third kappa shape index (κ3) is 7.07. The Labute approximate surface area is 200 Å². The number of anilines is 2. The van der Waals surface area contributed by atoms with Crippen LogP contribution in [0.2, 0.25) is 5.02 Å². The standard InChI is InChI=1S/C24H21ClN4O5/c1-33-21-13-16(11-12-20(21)34-15-22(30)27-17-7-3-2-4-8-17)14-26-29-24(32)23(31)28-19-10-6-5-9-18(19)25/h2-14H,15H2,1H3,(H,27,30)(H,28,31)(H,29,32)/b26-14-. The molecular formula is C24H21ClN4O5. The lowest BCUT2D eigenvalue weighted by atomic mass is 10.2. The van der Waals surface area contributed by atoms with E-state index in [1.54, 1.807) is 54.6 Å². The molecule has 174 valence electrons. The van der Waals surface area contributed by atoms with Crippen molar-refractivity contribution in [1.29, 1.82) is 0 Å². The average molecular weight is 481 g/mol. The van der Waals surface area contributed by atoms with Crippen LogP contribution in [0, 0.1) is 0 Å². The van der Waals surface area contributed by atoms with Crippen molar-refractivity contribution in [3.63, 3.8) is 0 Å². The molecule has 3 N–H and O–H groups in total. The van der Waals surface area contributed by atoms with Crippen molar-refractivity contribution >= 4 is 46.9 Å². The number of hydrogen-bond donors (Lipinski definition) is 3. The minimum Gasteiger partial charge on any atom is -0.493 e. The largest absolute Gasteiger partial charge is 0.493 e.